The van der Waals surface area contributed by atoms with Crippen LogP contribution in [0.4, 0.5) is 4.79 Å². The fourth-order valence-electron chi connectivity index (χ4n) is 4.49. The highest BCUT2D eigenvalue weighted by Gasteiger charge is 2.26. The van der Waals surface area contributed by atoms with E-state index in [0.717, 1.165) is 28.1 Å². The van der Waals surface area contributed by atoms with Crippen molar-refractivity contribution in [1.82, 2.24) is 20.1 Å². The summed E-state index contributed by atoms with van der Waals surface area (Å²) in [6.45, 7) is 13.0. The number of aliphatic carboxylic acids is 1. The van der Waals surface area contributed by atoms with Crippen LogP contribution < -0.4 is 10.1 Å². The van der Waals surface area contributed by atoms with Gasteiger partial charge in [0.05, 0.1) is 7.11 Å². The van der Waals surface area contributed by atoms with Crippen molar-refractivity contribution in [2.24, 2.45) is 0 Å². The molecule has 0 radical (unpaired) electrons. The molecule has 2 aromatic heterocycles. The number of hydrogen-bond donors (Lipinski definition) is 2. The molecule has 43 heavy (non-hydrogen) atoms. The molecule has 1 atom stereocenters. The van der Waals surface area contributed by atoms with E-state index in [1.807, 2.05) is 36.4 Å². The molecule has 1 unspecified atom stereocenters. The number of methoxy groups -OCH3 is 1. The second kappa shape index (κ2) is 13.0. The summed E-state index contributed by atoms with van der Waals surface area (Å²) < 4.78 is 18.7. The summed E-state index contributed by atoms with van der Waals surface area (Å²) in [5, 5.41) is 18.1. The van der Waals surface area contributed by atoms with Crippen molar-refractivity contribution in [2.45, 2.75) is 64.8 Å². The van der Waals surface area contributed by atoms with Gasteiger partial charge < -0.3 is 24.6 Å². The number of fused-ring (bicyclic) bond motifs is 1. The van der Waals surface area contributed by atoms with Crippen molar-refractivity contribution < 1.29 is 28.9 Å². The molecular formula is C32H40N4O6Si. The Hall–Kier alpha value is -4.22. The number of carboxylic acid groups (broad SMARTS) is 1. The van der Waals surface area contributed by atoms with Gasteiger partial charge in [-0.05, 0) is 62.2 Å². The minimum absolute atomic E-state index is 0.259. The van der Waals surface area contributed by atoms with Crippen molar-refractivity contribution in [2.75, 3.05) is 13.7 Å². The summed E-state index contributed by atoms with van der Waals surface area (Å²) in [7, 11) is 0.374. The zero-order valence-corrected chi connectivity index (χ0v) is 26.8. The molecule has 0 fully saturated rings. The lowest BCUT2D eigenvalue weighted by atomic mass is 9.99. The number of amides is 1. The highest BCUT2D eigenvalue weighted by Crippen LogP contribution is 2.36. The van der Waals surface area contributed by atoms with Crippen LogP contribution in [0.1, 0.15) is 32.4 Å². The SMILES string of the molecule is COc1ccccc1-c1nn(COCC[Si](C)(C)C)c2ncc(-c3cccc(C(NC(=O)OC(C)(C)C)C(=O)O)c3)cc12. The van der Waals surface area contributed by atoms with E-state index in [2.05, 4.69) is 25.0 Å². The average Bonchev–Trinajstić information content (AvgIpc) is 3.30. The van der Waals surface area contributed by atoms with Gasteiger partial charge in [0.15, 0.2) is 11.7 Å². The Labute approximate surface area is 253 Å². The predicted octanol–water partition coefficient (Wildman–Crippen LogP) is 6.74. The standard InChI is InChI=1S/C32H40N4O6Si/c1-32(2,3)42-31(39)34-27(30(37)38)22-12-10-11-21(17-22)23-18-25-28(24-13-8-9-14-26(24)40-4)35-36(29(25)33-19-23)20-41-15-16-43(5,6)7/h8-14,17-19,27H,15-16,20H2,1-7H3,(H,34,39)(H,37,38). The maximum absolute atomic E-state index is 12.4. The molecule has 0 aliphatic rings. The lowest BCUT2D eigenvalue weighted by Crippen LogP contribution is -2.38. The van der Waals surface area contributed by atoms with Crippen LogP contribution in [-0.4, -0.2) is 59.3 Å². The third kappa shape index (κ3) is 8.20. The van der Waals surface area contributed by atoms with Gasteiger partial charge in [-0.25, -0.2) is 19.3 Å². The Morgan fingerprint density at radius 1 is 1.05 bits per heavy atom. The lowest BCUT2D eigenvalue weighted by Gasteiger charge is -2.22. The summed E-state index contributed by atoms with van der Waals surface area (Å²) in [5.41, 5.74) is 3.29. The number of benzene rings is 2. The van der Waals surface area contributed by atoms with E-state index in [1.54, 1.807) is 57.0 Å². The first-order valence-corrected chi connectivity index (χ1v) is 17.9. The zero-order chi connectivity index (χ0) is 31.4. The van der Waals surface area contributed by atoms with Crippen molar-refractivity contribution in [3.8, 4) is 28.1 Å². The summed E-state index contributed by atoms with van der Waals surface area (Å²) in [6.07, 6.45) is 0.916. The topological polar surface area (TPSA) is 125 Å². The van der Waals surface area contributed by atoms with Gasteiger partial charge in [-0.3, -0.25) is 0 Å². The largest absolute Gasteiger partial charge is 0.496 e. The molecule has 0 bridgehead atoms. The molecule has 4 aromatic rings. The van der Waals surface area contributed by atoms with Crippen LogP contribution in [0.5, 0.6) is 5.75 Å². The summed E-state index contributed by atoms with van der Waals surface area (Å²) in [6, 6.07) is 16.4. The number of carbonyl (C=O) groups is 2. The molecule has 0 aliphatic heterocycles. The maximum atomic E-state index is 12.4. The smallest absolute Gasteiger partial charge is 0.408 e. The van der Waals surface area contributed by atoms with Crippen molar-refractivity contribution in [3.05, 3.63) is 66.4 Å². The molecule has 0 saturated heterocycles. The van der Waals surface area contributed by atoms with Crippen molar-refractivity contribution in [1.29, 1.82) is 0 Å². The molecule has 228 valence electrons. The van der Waals surface area contributed by atoms with E-state index in [0.29, 0.717) is 29.3 Å². The van der Waals surface area contributed by atoms with E-state index in [4.69, 9.17) is 24.3 Å². The molecule has 2 N–H and O–H groups in total. The van der Waals surface area contributed by atoms with Crippen LogP contribution in [-0.2, 0) is 21.0 Å². The Balaban J connectivity index is 1.73. The molecule has 11 heteroatoms. The molecule has 0 spiro atoms. The molecule has 0 aliphatic carbocycles. The maximum Gasteiger partial charge on any atom is 0.408 e. The minimum Gasteiger partial charge on any atom is -0.496 e. The normalized spacial score (nSPS) is 12.6. The molecular weight excluding hydrogens is 564 g/mol. The molecule has 2 heterocycles. The van der Waals surface area contributed by atoms with Crippen molar-refractivity contribution >= 4 is 31.2 Å². The van der Waals surface area contributed by atoms with Gasteiger partial charge in [0.1, 0.15) is 23.8 Å². The van der Waals surface area contributed by atoms with Crippen LogP contribution in [0.3, 0.4) is 0 Å². The number of ether oxygens (including phenoxy) is 3. The molecule has 0 saturated carbocycles. The summed E-state index contributed by atoms with van der Waals surface area (Å²) in [4.78, 5) is 29.3. The Bertz CT molecular complexity index is 1610. The predicted molar refractivity (Wildman–Crippen MR) is 169 cm³/mol. The summed E-state index contributed by atoms with van der Waals surface area (Å²) >= 11 is 0. The Morgan fingerprint density at radius 2 is 1.79 bits per heavy atom. The lowest BCUT2D eigenvalue weighted by molar-refractivity contribution is -0.139. The molecule has 1 amide bonds. The fourth-order valence-corrected chi connectivity index (χ4v) is 5.24. The number of hydrogen-bond acceptors (Lipinski definition) is 7. The first-order chi connectivity index (χ1) is 20.3. The number of para-hydroxylation sites is 1. The Morgan fingerprint density at radius 3 is 2.47 bits per heavy atom. The highest BCUT2D eigenvalue weighted by molar-refractivity contribution is 6.76. The van der Waals surface area contributed by atoms with Gasteiger partial charge in [-0.15, -0.1) is 0 Å². The second-order valence-corrected chi connectivity index (χ2v) is 18.2. The monoisotopic (exact) mass is 604 g/mol. The number of nitrogens with one attached hydrogen (secondary N) is 1. The van der Waals surface area contributed by atoms with Gasteiger partial charge in [-0.2, -0.15) is 5.10 Å². The Kier molecular flexibility index (Phi) is 9.56. The summed E-state index contributed by atoms with van der Waals surface area (Å²) in [5.74, 6) is -0.524. The van der Waals surface area contributed by atoms with E-state index < -0.39 is 31.8 Å². The second-order valence-electron chi connectivity index (χ2n) is 12.5. The van der Waals surface area contributed by atoms with Crippen LogP contribution in [0.2, 0.25) is 25.7 Å². The molecule has 10 nitrogen and oxygen atoms in total. The van der Waals surface area contributed by atoms with Gasteiger partial charge >= 0.3 is 12.1 Å². The van der Waals surface area contributed by atoms with Crippen LogP contribution in [0.25, 0.3) is 33.4 Å². The van der Waals surface area contributed by atoms with E-state index in [1.165, 1.54) is 0 Å². The van der Waals surface area contributed by atoms with Gasteiger partial charge in [0, 0.05) is 37.4 Å². The van der Waals surface area contributed by atoms with E-state index in [-0.39, 0.29) is 6.73 Å². The fraction of sp³-hybridized carbons (Fsp3) is 0.375. The number of carboxylic acids is 1. The van der Waals surface area contributed by atoms with Crippen molar-refractivity contribution in [3.63, 3.8) is 0 Å². The third-order valence-corrected chi connectivity index (χ3v) is 8.32. The molecule has 2 aromatic carbocycles. The zero-order valence-electron chi connectivity index (χ0n) is 25.8. The van der Waals surface area contributed by atoms with Crippen LogP contribution in [0, 0.1) is 0 Å². The van der Waals surface area contributed by atoms with Gasteiger partial charge in [0.2, 0.25) is 0 Å². The highest BCUT2D eigenvalue weighted by atomic mass is 28.3. The number of alkyl carbamates (subject to hydrolysis) is 1. The molecule has 4 rings (SSSR count). The number of nitrogens with zero attached hydrogens (tertiary/aromatic N) is 3. The van der Waals surface area contributed by atoms with E-state index in [9.17, 15) is 14.7 Å². The number of aromatic nitrogens is 3. The van der Waals surface area contributed by atoms with Crippen LogP contribution >= 0.6 is 0 Å². The van der Waals surface area contributed by atoms with Crippen LogP contribution in [0.15, 0.2) is 60.8 Å². The number of carbonyl (C=O) groups excluding carboxylic acids is 1. The number of rotatable bonds is 11. The first kappa shape index (κ1) is 31.7. The number of pyridine rings is 1. The quantitative estimate of drug-likeness (QED) is 0.143. The first-order valence-electron chi connectivity index (χ1n) is 14.2. The van der Waals surface area contributed by atoms with E-state index >= 15 is 0 Å². The van der Waals surface area contributed by atoms with Gasteiger partial charge in [0.25, 0.3) is 0 Å². The average molecular weight is 605 g/mol. The third-order valence-electron chi connectivity index (χ3n) is 6.62. The minimum atomic E-state index is -1.30. The van der Waals surface area contributed by atoms with Gasteiger partial charge in [-0.1, -0.05) is 50.0 Å².